The van der Waals surface area contributed by atoms with E-state index in [4.69, 9.17) is 0 Å². The molecule has 0 atom stereocenters. The van der Waals surface area contributed by atoms with Crippen LogP contribution in [0.5, 0.6) is 5.75 Å². The minimum Gasteiger partial charge on any atom is -0.506 e. The van der Waals surface area contributed by atoms with Gasteiger partial charge in [-0.3, -0.25) is 4.79 Å². The molecule has 0 aliphatic rings. The van der Waals surface area contributed by atoms with Crippen LogP contribution in [0, 0.1) is 13.8 Å². The van der Waals surface area contributed by atoms with Crippen LogP contribution in [0.2, 0.25) is 0 Å². The zero-order chi connectivity index (χ0) is 13.3. The fraction of sp³-hybridized carbons (Fsp3) is 0.214. The Balaban J connectivity index is 2.28. The molecule has 0 fully saturated rings. The summed E-state index contributed by atoms with van der Waals surface area (Å²) in [6, 6.07) is 8.52. The van der Waals surface area contributed by atoms with Gasteiger partial charge in [0.15, 0.2) is 0 Å². The standard InChI is InChI=1S/C14H16N2O2/c1-9-8-11(10(2)16(9)3)14(18)15-12-6-4-5-7-13(12)17/h4-8,17H,1-3H3,(H,15,18). The highest BCUT2D eigenvalue weighted by Gasteiger charge is 2.14. The van der Waals surface area contributed by atoms with E-state index in [1.54, 1.807) is 24.3 Å². The van der Waals surface area contributed by atoms with Crippen molar-refractivity contribution in [1.82, 2.24) is 4.57 Å². The van der Waals surface area contributed by atoms with Gasteiger partial charge in [0.05, 0.1) is 11.3 Å². The van der Waals surface area contributed by atoms with Crippen LogP contribution < -0.4 is 5.32 Å². The molecule has 1 amide bonds. The van der Waals surface area contributed by atoms with E-state index >= 15 is 0 Å². The van der Waals surface area contributed by atoms with E-state index in [2.05, 4.69) is 5.32 Å². The summed E-state index contributed by atoms with van der Waals surface area (Å²) in [5.41, 5.74) is 2.97. The second kappa shape index (κ2) is 4.56. The topological polar surface area (TPSA) is 54.3 Å². The van der Waals surface area contributed by atoms with Crippen LogP contribution in [-0.2, 0) is 7.05 Å². The second-order valence-electron chi connectivity index (χ2n) is 4.32. The number of nitrogens with one attached hydrogen (secondary N) is 1. The number of aromatic nitrogens is 1. The van der Waals surface area contributed by atoms with Crippen LogP contribution >= 0.6 is 0 Å². The number of carbonyl (C=O) groups excluding carboxylic acids is 1. The number of hydrogen-bond acceptors (Lipinski definition) is 2. The van der Waals surface area contributed by atoms with E-state index in [0.29, 0.717) is 11.3 Å². The fourth-order valence-electron chi connectivity index (χ4n) is 1.85. The summed E-state index contributed by atoms with van der Waals surface area (Å²) in [5.74, 6) is -0.145. The molecule has 1 aromatic heterocycles. The summed E-state index contributed by atoms with van der Waals surface area (Å²) in [4.78, 5) is 12.1. The van der Waals surface area contributed by atoms with E-state index in [1.165, 1.54) is 0 Å². The molecule has 0 spiro atoms. The Bertz CT molecular complexity index is 600. The van der Waals surface area contributed by atoms with Crippen molar-refractivity contribution >= 4 is 11.6 Å². The normalized spacial score (nSPS) is 10.4. The van der Waals surface area contributed by atoms with E-state index in [-0.39, 0.29) is 11.7 Å². The number of phenols is 1. The summed E-state index contributed by atoms with van der Waals surface area (Å²) >= 11 is 0. The number of nitrogens with zero attached hydrogens (tertiary/aromatic N) is 1. The number of rotatable bonds is 2. The van der Waals surface area contributed by atoms with Gasteiger partial charge in [-0.1, -0.05) is 12.1 Å². The SMILES string of the molecule is Cc1cc(C(=O)Nc2ccccc2O)c(C)n1C. The Morgan fingerprint density at radius 3 is 2.50 bits per heavy atom. The third-order valence-corrected chi connectivity index (χ3v) is 3.17. The number of aryl methyl sites for hydroxylation is 1. The first-order valence-corrected chi connectivity index (χ1v) is 5.73. The summed E-state index contributed by atoms with van der Waals surface area (Å²) in [5, 5.41) is 12.3. The average molecular weight is 244 g/mol. The van der Waals surface area contributed by atoms with Crippen molar-refractivity contribution in [3.63, 3.8) is 0 Å². The van der Waals surface area contributed by atoms with Crippen LogP contribution in [0.4, 0.5) is 5.69 Å². The maximum absolute atomic E-state index is 12.1. The highest BCUT2D eigenvalue weighted by Crippen LogP contribution is 2.23. The molecule has 1 aromatic carbocycles. The van der Waals surface area contributed by atoms with E-state index in [0.717, 1.165) is 11.4 Å². The highest BCUT2D eigenvalue weighted by molar-refractivity contribution is 6.06. The van der Waals surface area contributed by atoms with Crippen molar-refractivity contribution in [2.24, 2.45) is 7.05 Å². The predicted molar refractivity (Wildman–Crippen MR) is 70.9 cm³/mol. The van der Waals surface area contributed by atoms with Gasteiger partial charge in [-0.2, -0.15) is 0 Å². The molecule has 94 valence electrons. The summed E-state index contributed by atoms with van der Waals surface area (Å²) in [6.45, 7) is 3.84. The summed E-state index contributed by atoms with van der Waals surface area (Å²) in [6.07, 6.45) is 0. The minimum atomic E-state index is -0.210. The number of phenolic OH excluding ortho intramolecular Hbond substituents is 1. The minimum absolute atomic E-state index is 0.0659. The molecule has 1 heterocycles. The van der Waals surface area contributed by atoms with Gasteiger partial charge in [0.25, 0.3) is 5.91 Å². The molecule has 0 radical (unpaired) electrons. The van der Waals surface area contributed by atoms with Gasteiger partial charge in [-0.05, 0) is 32.0 Å². The van der Waals surface area contributed by atoms with Crippen LogP contribution in [0.3, 0.4) is 0 Å². The molecule has 0 unspecified atom stereocenters. The first kappa shape index (κ1) is 12.2. The molecular weight excluding hydrogens is 228 g/mol. The lowest BCUT2D eigenvalue weighted by Gasteiger charge is -2.07. The van der Waals surface area contributed by atoms with Crippen LogP contribution in [0.25, 0.3) is 0 Å². The molecule has 0 aliphatic carbocycles. The molecule has 2 rings (SSSR count). The number of hydrogen-bond donors (Lipinski definition) is 2. The monoisotopic (exact) mass is 244 g/mol. The van der Waals surface area contributed by atoms with Crippen LogP contribution in [-0.4, -0.2) is 15.6 Å². The van der Waals surface area contributed by atoms with Crippen molar-refractivity contribution in [2.75, 3.05) is 5.32 Å². The molecule has 0 aliphatic heterocycles. The lowest BCUT2D eigenvalue weighted by Crippen LogP contribution is -2.12. The number of anilines is 1. The second-order valence-corrected chi connectivity index (χ2v) is 4.32. The lowest BCUT2D eigenvalue weighted by atomic mass is 10.2. The molecule has 0 saturated heterocycles. The third-order valence-electron chi connectivity index (χ3n) is 3.17. The molecule has 0 bridgehead atoms. The number of carbonyl (C=O) groups is 1. The molecule has 4 heteroatoms. The molecule has 2 aromatic rings. The number of aromatic hydroxyl groups is 1. The summed E-state index contributed by atoms with van der Waals surface area (Å²) in [7, 11) is 1.92. The quantitative estimate of drug-likeness (QED) is 0.798. The van der Waals surface area contributed by atoms with Gasteiger partial charge in [0.2, 0.25) is 0 Å². The molecule has 4 nitrogen and oxygen atoms in total. The Hall–Kier alpha value is -2.23. The Labute approximate surface area is 106 Å². The zero-order valence-electron chi connectivity index (χ0n) is 10.7. The first-order valence-electron chi connectivity index (χ1n) is 5.73. The maximum Gasteiger partial charge on any atom is 0.257 e. The predicted octanol–water partition coefficient (Wildman–Crippen LogP) is 2.60. The van der Waals surface area contributed by atoms with E-state index in [1.807, 2.05) is 31.5 Å². The number of para-hydroxylation sites is 2. The van der Waals surface area contributed by atoms with Crippen molar-refractivity contribution in [1.29, 1.82) is 0 Å². The van der Waals surface area contributed by atoms with Crippen molar-refractivity contribution in [3.8, 4) is 5.75 Å². The van der Waals surface area contributed by atoms with Gasteiger partial charge in [-0.25, -0.2) is 0 Å². The average Bonchev–Trinajstić information content (AvgIpc) is 2.60. The number of benzene rings is 1. The first-order chi connectivity index (χ1) is 8.50. The molecule has 2 N–H and O–H groups in total. The fourth-order valence-corrected chi connectivity index (χ4v) is 1.85. The molecular formula is C14H16N2O2. The van der Waals surface area contributed by atoms with Crippen LogP contribution in [0.15, 0.2) is 30.3 Å². The Morgan fingerprint density at radius 1 is 1.28 bits per heavy atom. The van der Waals surface area contributed by atoms with E-state index < -0.39 is 0 Å². The maximum atomic E-state index is 12.1. The lowest BCUT2D eigenvalue weighted by molar-refractivity contribution is 0.102. The van der Waals surface area contributed by atoms with Gasteiger partial charge in [0, 0.05) is 18.4 Å². The largest absolute Gasteiger partial charge is 0.506 e. The van der Waals surface area contributed by atoms with Crippen molar-refractivity contribution in [3.05, 3.63) is 47.3 Å². The van der Waals surface area contributed by atoms with Gasteiger partial charge < -0.3 is 15.0 Å². The highest BCUT2D eigenvalue weighted by atomic mass is 16.3. The Morgan fingerprint density at radius 2 is 1.94 bits per heavy atom. The van der Waals surface area contributed by atoms with E-state index in [9.17, 15) is 9.90 Å². The van der Waals surface area contributed by atoms with Crippen molar-refractivity contribution in [2.45, 2.75) is 13.8 Å². The smallest absolute Gasteiger partial charge is 0.257 e. The van der Waals surface area contributed by atoms with Gasteiger partial charge in [0.1, 0.15) is 5.75 Å². The number of amides is 1. The van der Waals surface area contributed by atoms with Gasteiger partial charge in [-0.15, -0.1) is 0 Å². The molecule has 0 saturated carbocycles. The zero-order valence-corrected chi connectivity index (χ0v) is 10.7. The Kier molecular flexibility index (Phi) is 3.10. The summed E-state index contributed by atoms with van der Waals surface area (Å²) < 4.78 is 1.96. The van der Waals surface area contributed by atoms with Gasteiger partial charge >= 0.3 is 0 Å². The third kappa shape index (κ3) is 2.09. The van der Waals surface area contributed by atoms with Crippen LogP contribution in [0.1, 0.15) is 21.7 Å². The molecule has 18 heavy (non-hydrogen) atoms. The van der Waals surface area contributed by atoms with Crippen molar-refractivity contribution < 1.29 is 9.90 Å².